The highest BCUT2D eigenvalue weighted by atomic mass is 35.5. The van der Waals surface area contributed by atoms with Crippen LogP contribution in [0.15, 0.2) is 97.1 Å². The molecule has 2 aliphatic heterocycles. The molecule has 0 saturated heterocycles. The zero-order valence-corrected chi connectivity index (χ0v) is 20.0. The number of hydrogen-bond donors (Lipinski definition) is 1. The molecule has 0 aliphatic carbocycles. The van der Waals surface area contributed by atoms with Crippen LogP contribution in [0, 0.1) is 0 Å². The number of carbonyl (C=O) groups is 1. The first-order valence-corrected chi connectivity index (χ1v) is 11.9. The van der Waals surface area contributed by atoms with Gasteiger partial charge in [0.2, 0.25) is 0 Å². The van der Waals surface area contributed by atoms with Crippen LogP contribution in [0.25, 0.3) is 0 Å². The van der Waals surface area contributed by atoms with Crippen molar-refractivity contribution >= 4 is 40.5 Å². The van der Waals surface area contributed by atoms with Gasteiger partial charge >= 0.3 is 12.1 Å². The second kappa shape index (κ2) is 7.76. The molecule has 0 fully saturated rings. The van der Waals surface area contributed by atoms with Gasteiger partial charge in [0.25, 0.3) is 0 Å². The summed E-state index contributed by atoms with van der Waals surface area (Å²) in [6.07, 6.45) is -5.15. The maximum atomic E-state index is 14.3. The Hall–Kier alpha value is -3.48. The Balaban J connectivity index is 1.86. The van der Waals surface area contributed by atoms with Gasteiger partial charge < -0.3 is 5.32 Å². The summed E-state index contributed by atoms with van der Waals surface area (Å²) in [6.45, 7) is 0. The molecule has 4 aromatic rings. The average molecular weight is 525 g/mol. The van der Waals surface area contributed by atoms with E-state index in [4.69, 9.17) is 23.2 Å². The number of halogens is 5. The minimum Gasteiger partial charge on any atom is -0.369 e. The van der Waals surface area contributed by atoms with Gasteiger partial charge in [-0.15, -0.1) is 0 Å². The van der Waals surface area contributed by atoms with Gasteiger partial charge in [-0.3, -0.25) is 9.69 Å². The number of fused-ring (bicyclic) bond motifs is 5. The van der Waals surface area contributed by atoms with E-state index in [1.54, 1.807) is 54.6 Å². The number of hydrogen-bond acceptors (Lipinski definition) is 2. The number of benzene rings is 4. The number of nitrogens with zero attached hydrogens (tertiary/aromatic N) is 1. The molecule has 180 valence electrons. The summed E-state index contributed by atoms with van der Waals surface area (Å²) < 4.78 is 43.0. The molecule has 0 bridgehead atoms. The van der Waals surface area contributed by atoms with Gasteiger partial charge in [0.15, 0.2) is 0 Å². The fraction of sp³-hybridized carbons (Fsp3) is 0.107. The van der Waals surface area contributed by atoms with Crippen molar-refractivity contribution in [2.45, 2.75) is 17.3 Å². The van der Waals surface area contributed by atoms with Crippen molar-refractivity contribution in [2.75, 3.05) is 10.2 Å². The first kappa shape index (κ1) is 23.0. The van der Waals surface area contributed by atoms with E-state index >= 15 is 0 Å². The maximum Gasteiger partial charge on any atom is 0.471 e. The van der Waals surface area contributed by atoms with Crippen LogP contribution in [0.5, 0.6) is 0 Å². The maximum absolute atomic E-state index is 14.3. The summed E-state index contributed by atoms with van der Waals surface area (Å²) in [7, 11) is 0. The van der Waals surface area contributed by atoms with Crippen LogP contribution in [0.1, 0.15) is 22.3 Å². The first-order chi connectivity index (χ1) is 17.2. The minimum atomic E-state index is -5.15. The molecule has 0 radical (unpaired) electrons. The lowest BCUT2D eigenvalue weighted by Gasteiger charge is -2.46. The highest BCUT2D eigenvalue weighted by molar-refractivity contribution is 6.31. The van der Waals surface area contributed by atoms with Crippen molar-refractivity contribution in [3.8, 4) is 0 Å². The molecule has 0 aromatic heterocycles. The van der Waals surface area contributed by atoms with E-state index in [1.165, 1.54) is 12.1 Å². The van der Waals surface area contributed by atoms with Gasteiger partial charge in [-0.2, -0.15) is 13.2 Å². The van der Waals surface area contributed by atoms with Crippen molar-refractivity contribution in [1.29, 1.82) is 0 Å². The third kappa shape index (κ3) is 2.85. The van der Waals surface area contributed by atoms with Crippen LogP contribution in [-0.2, 0) is 15.9 Å². The topological polar surface area (TPSA) is 32.3 Å². The highest BCUT2D eigenvalue weighted by Gasteiger charge is 2.72. The summed E-state index contributed by atoms with van der Waals surface area (Å²) in [5, 5.41) is 4.21. The van der Waals surface area contributed by atoms with E-state index in [-0.39, 0.29) is 5.69 Å². The molecular formula is C28H17Cl2F3N2O. The summed E-state index contributed by atoms with van der Waals surface area (Å²) in [5.41, 5.74) is -0.260. The van der Waals surface area contributed by atoms with Crippen molar-refractivity contribution in [1.82, 2.24) is 0 Å². The second-order valence-electron chi connectivity index (χ2n) is 8.81. The molecule has 8 heteroatoms. The number of amides is 1. The third-order valence-electron chi connectivity index (χ3n) is 7.02. The van der Waals surface area contributed by atoms with Crippen molar-refractivity contribution in [2.24, 2.45) is 0 Å². The molecule has 2 aliphatic rings. The largest absolute Gasteiger partial charge is 0.471 e. The molecule has 36 heavy (non-hydrogen) atoms. The van der Waals surface area contributed by atoms with Crippen LogP contribution in [0.3, 0.4) is 0 Å². The van der Waals surface area contributed by atoms with E-state index < -0.39 is 23.2 Å². The average Bonchev–Trinajstić information content (AvgIpc) is 3.30. The van der Waals surface area contributed by atoms with Crippen LogP contribution in [0.4, 0.5) is 24.5 Å². The lowest BCUT2D eigenvalue weighted by Crippen LogP contribution is -2.60. The van der Waals surface area contributed by atoms with E-state index in [2.05, 4.69) is 5.32 Å². The fourth-order valence-electron chi connectivity index (χ4n) is 5.85. The van der Waals surface area contributed by atoms with Gasteiger partial charge in [0, 0.05) is 26.9 Å². The lowest BCUT2D eigenvalue weighted by molar-refractivity contribution is -0.171. The van der Waals surface area contributed by atoms with Crippen LogP contribution in [0.2, 0.25) is 10.0 Å². The molecule has 4 aromatic carbocycles. The third-order valence-corrected chi connectivity index (χ3v) is 7.49. The molecule has 3 nitrogen and oxygen atoms in total. The Kier molecular flexibility index (Phi) is 4.95. The number of anilines is 2. The highest BCUT2D eigenvalue weighted by Crippen LogP contribution is 2.68. The van der Waals surface area contributed by atoms with Gasteiger partial charge in [-0.05, 0) is 47.5 Å². The molecule has 1 N–H and O–H groups in total. The second-order valence-corrected chi connectivity index (χ2v) is 9.68. The Morgan fingerprint density at radius 1 is 0.750 bits per heavy atom. The molecule has 1 amide bonds. The Bertz CT molecular complexity index is 1510. The lowest BCUT2D eigenvalue weighted by atomic mass is 9.66. The van der Waals surface area contributed by atoms with Gasteiger partial charge in [0.1, 0.15) is 11.1 Å². The quantitative estimate of drug-likeness (QED) is 0.294. The number of carbonyl (C=O) groups excluding carboxylic acids is 1. The molecule has 2 heterocycles. The Labute approximate surface area is 215 Å². The molecule has 6 rings (SSSR count). The Morgan fingerprint density at radius 3 is 1.92 bits per heavy atom. The van der Waals surface area contributed by atoms with E-state index in [1.807, 2.05) is 30.3 Å². The van der Waals surface area contributed by atoms with Gasteiger partial charge in [0.05, 0.1) is 5.69 Å². The molecule has 0 unspecified atom stereocenters. The van der Waals surface area contributed by atoms with Gasteiger partial charge in [-0.1, -0.05) is 83.9 Å². The fourth-order valence-corrected chi connectivity index (χ4v) is 6.19. The predicted molar refractivity (Wildman–Crippen MR) is 135 cm³/mol. The smallest absolute Gasteiger partial charge is 0.369 e. The normalized spacial score (nSPS) is 22.0. The summed E-state index contributed by atoms with van der Waals surface area (Å²) in [4.78, 5) is 14.3. The van der Waals surface area contributed by atoms with Crippen molar-refractivity contribution in [3.05, 3.63) is 129 Å². The zero-order valence-electron chi connectivity index (χ0n) is 18.5. The van der Waals surface area contributed by atoms with E-state index in [9.17, 15) is 18.0 Å². The summed E-state index contributed by atoms with van der Waals surface area (Å²) >= 11 is 12.9. The summed E-state index contributed by atoms with van der Waals surface area (Å²) in [5.74, 6) is -1.98. The predicted octanol–water partition coefficient (Wildman–Crippen LogP) is 7.52. The molecule has 2 atom stereocenters. The van der Waals surface area contributed by atoms with Gasteiger partial charge in [-0.25, -0.2) is 0 Å². The van der Waals surface area contributed by atoms with Crippen molar-refractivity contribution in [3.63, 3.8) is 0 Å². The Morgan fingerprint density at radius 2 is 1.31 bits per heavy atom. The standard InChI is InChI=1S/C28H17Cl2F3N2O/c29-19-11-13-23-21(15-19)27(18-9-5-2-6-10-18)26(34-23,17-7-3-1-4-8-17)22-16-20(30)12-14-24(22)35(27)25(36)28(31,32)33/h1-16,34H/t26-,27+/m1/s1. The first-order valence-electron chi connectivity index (χ1n) is 11.1. The molecule has 0 saturated carbocycles. The minimum absolute atomic E-state index is 0.118. The molecule has 0 spiro atoms. The number of rotatable bonds is 2. The summed E-state index contributed by atoms with van der Waals surface area (Å²) in [6, 6.07) is 27.5. The van der Waals surface area contributed by atoms with Crippen LogP contribution < -0.4 is 10.2 Å². The number of alkyl halides is 3. The van der Waals surface area contributed by atoms with Crippen LogP contribution >= 0.6 is 23.2 Å². The van der Waals surface area contributed by atoms with Crippen LogP contribution in [-0.4, -0.2) is 12.1 Å². The van der Waals surface area contributed by atoms with E-state index in [0.29, 0.717) is 38.0 Å². The molecular weight excluding hydrogens is 508 g/mol. The van der Waals surface area contributed by atoms with E-state index in [0.717, 1.165) is 4.90 Å². The zero-order chi connectivity index (χ0) is 25.3. The SMILES string of the molecule is O=C(N1c2ccc(Cl)cc2[C@@]2(c3ccccc3)Nc3ccc(Cl)cc3[C@]12c1ccccc1)C(F)(F)F. The number of nitrogens with one attached hydrogen (secondary N) is 1. The van der Waals surface area contributed by atoms with Crippen molar-refractivity contribution < 1.29 is 18.0 Å². The monoisotopic (exact) mass is 524 g/mol.